The fourth-order valence-corrected chi connectivity index (χ4v) is 1.24. The highest BCUT2D eigenvalue weighted by atomic mass is 19.1. The molecule has 1 amide bonds. The van der Waals surface area contributed by atoms with Gasteiger partial charge in [-0.05, 0) is 25.0 Å². The number of halogens is 1. The second-order valence-electron chi connectivity index (χ2n) is 3.52. The van der Waals surface area contributed by atoms with Crippen molar-refractivity contribution < 1.29 is 19.1 Å². The van der Waals surface area contributed by atoms with E-state index in [4.69, 9.17) is 5.11 Å². The van der Waals surface area contributed by atoms with E-state index in [1.807, 2.05) is 0 Å². The van der Waals surface area contributed by atoms with E-state index < -0.39 is 11.9 Å². The van der Waals surface area contributed by atoms with Gasteiger partial charge in [0.1, 0.15) is 0 Å². The smallest absolute Gasteiger partial charge is 0.303 e. The van der Waals surface area contributed by atoms with Gasteiger partial charge < -0.3 is 10.4 Å². The molecule has 0 spiro atoms. The van der Waals surface area contributed by atoms with E-state index in [1.165, 1.54) is 12.3 Å². The molecule has 2 N–H and O–H groups in total. The highest BCUT2D eigenvalue weighted by Gasteiger charge is 2.04. The molecular formula is C11H13FN2O3. The number of rotatable bonds is 6. The molecule has 0 radical (unpaired) electrons. The van der Waals surface area contributed by atoms with E-state index in [2.05, 4.69) is 10.3 Å². The van der Waals surface area contributed by atoms with Crippen LogP contribution in [0.3, 0.4) is 0 Å². The number of carbonyl (C=O) groups is 2. The monoisotopic (exact) mass is 240 g/mol. The number of aliphatic carboxylic acids is 1. The molecule has 6 heteroatoms. The molecule has 1 heterocycles. The standard InChI is InChI=1S/C11H13FN2O3/c12-9-6-5-8(7-13-9)14-10(15)3-1-2-4-11(16)17/h5-7H,1-4H2,(H,14,15)(H,16,17). The van der Waals surface area contributed by atoms with Gasteiger partial charge in [0.05, 0.1) is 11.9 Å². The number of pyridine rings is 1. The molecule has 92 valence electrons. The summed E-state index contributed by atoms with van der Waals surface area (Å²) in [6.07, 6.45) is 2.50. The summed E-state index contributed by atoms with van der Waals surface area (Å²) in [5.41, 5.74) is 0.426. The van der Waals surface area contributed by atoms with Gasteiger partial charge >= 0.3 is 5.97 Å². The number of hydrogen-bond acceptors (Lipinski definition) is 3. The van der Waals surface area contributed by atoms with Gasteiger partial charge in [-0.2, -0.15) is 4.39 Å². The molecule has 0 bridgehead atoms. The summed E-state index contributed by atoms with van der Waals surface area (Å²) in [7, 11) is 0. The maximum absolute atomic E-state index is 12.5. The van der Waals surface area contributed by atoms with Gasteiger partial charge in [-0.15, -0.1) is 0 Å². The van der Waals surface area contributed by atoms with Gasteiger partial charge in [-0.25, -0.2) is 4.98 Å². The third-order valence-electron chi connectivity index (χ3n) is 2.06. The number of aromatic nitrogens is 1. The van der Waals surface area contributed by atoms with Crippen LogP contribution < -0.4 is 5.32 Å². The first-order valence-corrected chi connectivity index (χ1v) is 5.21. The third kappa shape index (κ3) is 5.60. The van der Waals surface area contributed by atoms with E-state index in [1.54, 1.807) is 0 Å². The molecule has 0 aliphatic carbocycles. The Kier molecular flexibility index (Phi) is 5.06. The lowest BCUT2D eigenvalue weighted by Crippen LogP contribution is -2.11. The number of nitrogens with one attached hydrogen (secondary N) is 1. The fourth-order valence-electron chi connectivity index (χ4n) is 1.24. The number of carboxylic acids is 1. The lowest BCUT2D eigenvalue weighted by molar-refractivity contribution is -0.137. The van der Waals surface area contributed by atoms with Crippen molar-refractivity contribution in [1.82, 2.24) is 4.98 Å². The zero-order valence-electron chi connectivity index (χ0n) is 9.15. The van der Waals surface area contributed by atoms with Crippen LogP contribution in [0.25, 0.3) is 0 Å². The molecule has 0 saturated carbocycles. The van der Waals surface area contributed by atoms with E-state index >= 15 is 0 Å². The summed E-state index contributed by atoms with van der Waals surface area (Å²) in [5, 5.41) is 10.9. The van der Waals surface area contributed by atoms with Crippen LogP contribution in [-0.2, 0) is 9.59 Å². The number of carboxylic acid groups (broad SMARTS) is 1. The summed E-state index contributed by atoms with van der Waals surface area (Å²) in [6.45, 7) is 0. The van der Waals surface area contributed by atoms with Crippen LogP contribution in [0, 0.1) is 5.95 Å². The first-order valence-electron chi connectivity index (χ1n) is 5.21. The molecule has 0 saturated heterocycles. The minimum absolute atomic E-state index is 0.0609. The summed E-state index contributed by atoms with van der Waals surface area (Å²) in [5.74, 6) is -1.71. The fraction of sp³-hybridized carbons (Fsp3) is 0.364. The van der Waals surface area contributed by atoms with Crippen LogP contribution in [0.1, 0.15) is 25.7 Å². The topological polar surface area (TPSA) is 79.3 Å². The number of unbranched alkanes of at least 4 members (excludes halogenated alkanes) is 1. The van der Waals surface area contributed by atoms with Crippen molar-refractivity contribution in [2.75, 3.05) is 5.32 Å². The predicted octanol–water partition coefficient (Wildman–Crippen LogP) is 1.80. The molecule has 5 nitrogen and oxygen atoms in total. The summed E-state index contributed by atoms with van der Waals surface area (Å²) in [4.78, 5) is 25.0. The Hall–Kier alpha value is -1.98. The lowest BCUT2D eigenvalue weighted by atomic mass is 10.2. The molecule has 0 unspecified atom stereocenters. The maximum Gasteiger partial charge on any atom is 0.303 e. The van der Waals surface area contributed by atoms with Gasteiger partial charge in [0.25, 0.3) is 0 Å². The molecule has 0 fully saturated rings. The van der Waals surface area contributed by atoms with Gasteiger partial charge in [-0.1, -0.05) is 0 Å². The molecule has 0 aromatic carbocycles. The minimum atomic E-state index is -0.867. The van der Waals surface area contributed by atoms with Gasteiger partial charge in [-0.3, -0.25) is 9.59 Å². The highest BCUT2D eigenvalue weighted by molar-refractivity contribution is 5.90. The van der Waals surface area contributed by atoms with Crippen LogP contribution in [0.2, 0.25) is 0 Å². The summed E-state index contributed by atoms with van der Waals surface area (Å²) < 4.78 is 12.5. The van der Waals surface area contributed by atoms with Crippen LogP contribution in [0.4, 0.5) is 10.1 Å². The predicted molar refractivity (Wildman–Crippen MR) is 58.9 cm³/mol. The summed E-state index contributed by atoms with van der Waals surface area (Å²) >= 11 is 0. The molecule has 1 aromatic heterocycles. The van der Waals surface area contributed by atoms with Crippen LogP contribution in [0.5, 0.6) is 0 Å². The molecule has 0 aliphatic heterocycles. The number of hydrogen-bond donors (Lipinski definition) is 2. The minimum Gasteiger partial charge on any atom is -0.481 e. The lowest BCUT2D eigenvalue weighted by Gasteiger charge is -2.03. The Balaban J connectivity index is 2.25. The molecule has 0 atom stereocenters. The normalized spacial score (nSPS) is 9.94. The van der Waals surface area contributed by atoms with E-state index in [0.717, 1.165) is 6.07 Å². The number of amides is 1. The van der Waals surface area contributed by atoms with E-state index in [9.17, 15) is 14.0 Å². The van der Waals surface area contributed by atoms with Crippen LogP contribution >= 0.6 is 0 Å². The maximum atomic E-state index is 12.5. The highest BCUT2D eigenvalue weighted by Crippen LogP contribution is 2.07. The van der Waals surface area contributed by atoms with Crippen molar-refractivity contribution in [3.8, 4) is 0 Å². The molecule has 17 heavy (non-hydrogen) atoms. The van der Waals surface area contributed by atoms with Gasteiger partial charge in [0.15, 0.2) is 0 Å². The quantitative estimate of drug-likeness (QED) is 0.587. The SMILES string of the molecule is O=C(O)CCCCC(=O)Nc1ccc(F)nc1. The zero-order valence-corrected chi connectivity index (χ0v) is 9.15. The Bertz CT molecular complexity index is 392. The van der Waals surface area contributed by atoms with Gasteiger partial charge in [0, 0.05) is 12.8 Å². The third-order valence-corrected chi connectivity index (χ3v) is 2.06. The first kappa shape index (κ1) is 13.1. The Labute approximate surface area is 97.7 Å². The van der Waals surface area contributed by atoms with Crippen molar-refractivity contribution in [2.24, 2.45) is 0 Å². The van der Waals surface area contributed by atoms with Crippen LogP contribution in [-0.4, -0.2) is 22.0 Å². The zero-order chi connectivity index (χ0) is 12.7. The summed E-state index contributed by atoms with van der Waals surface area (Å²) in [6, 6.07) is 2.57. The van der Waals surface area contributed by atoms with Crippen molar-refractivity contribution in [3.63, 3.8) is 0 Å². The molecule has 0 aliphatic rings. The van der Waals surface area contributed by atoms with Crippen molar-refractivity contribution >= 4 is 17.6 Å². The number of nitrogens with zero attached hydrogens (tertiary/aromatic N) is 1. The van der Waals surface area contributed by atoms with Crippen molar-refractivity contribution in [1.29, 1.82) is 0 Å². The number of anilines is 1. The first-order chi connectivity index (χ1) is 8.08. The Morgan fingerprint density at radius 2 is 2.00 bits per heavy atom. The molecule has 1 aromatic rings. The average Bonchev–Trinajstić information content (AvgIpc) is 2.27. The van der Waals surface area contributed by atoms with E-state index in [0.29, 0.717) is 18.5 Å². The Morgan fingerprint density at radius 1 is 1.29 bits per heavy atom. The average molecular weight is 240 g/mol. The molecule has 1 rings (SSSR count). The second kappa shape index (κ2) is 6.57. The largest absolute Gasteiger partial charge is 0.481 e. The second-order valence-corrected chi connectivity index (χ2v) is 3.52. The van der Waals surface area contributed by atoms with Gasteiger partial charge in [0.2, 0.25) is 11.9 Å². The van der Waals surface area contributed by atoms with E-state index in [-0.39, 0.29) is 18.7 Å². The number of carbonyl (C=O) groups excluding carboxylic acids is 1. The van der Waals surface area contributed by atoms with Crippen LogP contribution in [0.15, 0.2) is 18.3 Å². The Morgan fingerprint density at radius 3 is 2.59 bits per heavy atom. The van der Waals surface area contributed by atoms with Crippen molar-refractivity contribution in [3.05, 3.63) is 24.3 Å². The van der Waals surface area contributed by atoms with Crippen molar-refractivity contribution in [2.45, 2.75) is 25.7 Å². The molecular weight excluding hydrogens is 227 g/mol.